The average Bonchev–Trinajstić information content (AvgIpc) is 2.37. The van der Waals surface area contributed by atoms with Crippen molar-refractivity contribution >= 4 is 5.91 Å². The minimum atomic E-state index is 0.227. The summed E-state index contributed by atoms with van der Waals surface area (Å²) >= 11 is 0. The first-order valence-electron chi connectivity index (χ1n) is 7.62. The van der Waals surface area contributed by atoms with E-state index in [1.165, 1.54) is 38.5 Å². The quantitative estimate of drug-likeness (QED) is 0.650. The van der Waals surface area contributed by atoms with Gasteiger partial charge in [0.1, 0.15) is 0 Å². The first-order valence-corrected chi connectivity index (χ1v) is 7.62. The van der Waals surface area contributed by atoms with Crippen molar-refractivity contribution in [3.05, 3.63) is 0 Å². The lowest BCUT2D eigenvalue weighted by atomic mass is 10.1. The van der Waals surface area contributed by atoms with E-state index in [1.54, 1.807) is 0 Å². The molecule has 0 fully saturated rings. The number of hydrogen-bond donors (Lipinski definition) is 1. The van der Waals surface area contributed by atoms with Gasteiger partial charge in [-0.15, -0.1) is 11.8 Å². The maximum absolute atomic E-state index is 11.5. The molecule has 1 rings (SSSR count). The Morgan fingerprint density at radius 1 is 0.722 bits per heavy atom. The van der Waals surface area contributed by atoms with Gasteiger partial charge >= 0.3 is 0 Å². The molecule has 0 spiro atoms. The molecule has 0 aliphatic carbocycles. The minimum absolute atomic E-state index is 0.227. The van der Waals surface area contributed by atoms with Gasteiger partial charge in [0, 0.05) is 25.8 Å². The van der Waals surface area contributed by atoms with E-state index in [1.807, 2.05) is 0 Å². The molecule has 0 aromatic rings. The van der Waals surface area contributed by atoms with E-state index in [4.69, 9.17) is 0 Å². The molecule has 1 aliphatic rings. The summed E-state index contributed by atoms with van der Waals surface area (Å²) in [6.07, 6.45) is 13.7. The van der Waals surface area contributed by atoms with Gasteiger partial charge in [0.15, 0.2) is 0 Å². The van der Waals surface area contributed by atoms with Crippen molar-refractivity contribution < 1.29 is 4.79 Å². The van der Waals surface area contributed by atoms with Crippen LogP contribution in [0.2, 0.25) is 0 Å². The van der Waals surface area contributed by atoms with Crippen LogP contribution in [0.15, 0.2) is 0 Å². The van der Waals surface area contributed by atoms with E-state index < -0.39 is 0 Å². The maximum Gasteiger partial charge on any atom is 0.219 e. The number of hydrogen-bond acceptors (Lipinski definition) is 1. The molecule has 1 heterocycles. The van der Waals surface area contributed by atoms with Crippen LogP contribution < -0.4 is 5.32 Å². The van der Waals surface area contributed by atoms with Crippen molar-refractivity contribution in [1.29, 1.82) is 0 Å². The Morgan fingerprint density at radius 2 is 1.28 bits per heavy atom. The van der Waals surface area contributed by atoms with Crippen molar-refractivity contribution in [3.63, 3.8) is 0 Å². The van der Waals surface area contributed by atoms with Crippen LogP contribution in [0.3, 0.4) is 0 Å². The number of amides is 1. The predicted octanol–water partition coefficient (Wildman–Crippen LogP) is 3.80. The average molecular weight is 249 g/mol. The first kappa shape index (κ1) is 15.1. The van der Waals surface area contributed by atoms with Gasteiger partial charge in [0.2, 0.25) is 5.91 Å². The Morgan fingerprint density at radius 3 is 2.00 bits per heavy atom. The van der Waals surface area contributed by atoms with E-state index >= 15 is 0 Å². The molecule has 0 radical (unpaired) electrons. The van der Waals surface area contributed by atoms with Gasteiger partial charge in [-0.25, -0.2) is 0 Å². The minimum Gasteiger partial charge on any atom is -0.356 e. The summed E-state index contributed by atoms with van der Waals surface area (Å²) in [5.74, 6) is 6.71. The van der Waals surface area contributed by atoms with Crippen LogP contribution in [-0.4, -0.2) is 12.5 Å². The van der Waals surface area contributed by atoms with Gasteiger partial charge < -0.3 is 5.32 Å². The summed E-state index contributed by atoms with van der Waals surface area (Å²) in [4.78, 5) is 11.5. The van der Waals surface area contributed by atoms with Gasteiger partial charge in [-0.05, 0) is 25.7 Å². The second-order valence-corrected chi connectivity index (χ2v) is 5.14. The van der Waals surface area contributed by atoms with Crippen LogP contribution in [0.4, 0.5) is 0 Å². The monoisotopic (exact) mass is 249 g/mol. The third kappa shape index (κ3) is 9.10. The molecule has 1 N–H and O–H groups in total. The number of carbonyl (C=O) groups excluding carboxylic acids is 1. The standard InChI is InChI=1S/C16H27NO/c18-16-14-12-10-8-6-4-2-1-3-5-7-9-11-13-15-17-16/h1-4,6,8-15H2,(H,17,18). The molecule has 0 aromatic heterocycles. The fourth-order valence-electron chi connectivity index (χ4n) is 2.21. The second-order valence-electron chi connectivity index (χ2n) is 5.14. The Balaban J connectivity index is 2.19. The Hall–Kier alpha value is -0.970. The zero-order chi connectivity index (χ0) is 12.9. The van der Waals surface area contributed by atoms with Crippen molar-refractivity contribution in [2.45, 2.75) is 77.0 Å². The van der Waals surface area contributed by atoms with Crippen molar-refractivity contribution in [3.8, 4) is 11.8 Å². The zero-order valence-corrected chi connectivity index (χ0v) is 11.6. The first-order chi connectivity index (χ1) is 8.89. The highest BCUT2D eigenvalue weighted by atomic mass is 16.1. The van der Waals surface area contributed by atoms with Crippen LogP contribution in [0.1, 0.15) is 77.0 Å². The van der Waals surface area contributed by atoms with E-state index in [9.17, 15) is 4.79 Å². The largest absolute Gasteiger partial charge is 0.356 e. The molecule has 0 saturated carbocycles. The zero-order valence-electron chi connectivity index (χ0n) is 11.6. The molecule has 0 bridgehead atoms. The summed E-state index contributed by atoms with van der Waals surface area (Å²) in [6, 6.07) is 0. The van der Waals surface area contributed by atoms with Crippen molar-refractivity contribution in [1.82, 2.24) is 5.32 Å². The molecule has 0 atom stereocenters. The van der Waals surface area contributed by atoms with Gasteiger partial charge in [0.25, 0.3) is 0 Å². The van der Waals surface area contributed by atoms with Gasteiger partial charge in [-0.3, -0.25) is 4.79 Å². The lowest BCUT2D eigenvalue weighted by Gasteiger charge is -2.04. The number of nitrogens with one attached hydrogen (secondary N) is 1. The van der Waals surface area contributed by atoms with Crippen molar-refractivity contribution in [2.24, 2.45) is 0 Å². The maximum atomic E-state index is 11.5. The Kier molecular flexibility index (Phi) is 9.34. The van der Waals surface area contributed by atoms with Crippen LogP contribution in [0.25, 0.3) is 0 Å². The highest BCUT2D eigenvalue weighted by Gasteiger charge is 2.00. The fraction of sp³-hybridized carbons (Fsp3) is 0.812. The Labute approximate surface area is 112 Å². The molecule has 0 unspecified atom stereocenters. The molecular formula is C16H27NO. The smallest absolute Gasteiger partial charge is 0.219 e. The molecular weight excluding hydrogens is 222 g/mol. The predicted molar refractivity (Wildman–Crippen MR) is 76.2 cm³/mol. The molecule has 2 heteroatoms. The highest BCUT2D eigenvalue weighted by molar-refractivity contribution is 5.75. The Bertz CT molecular complexity index is 275. The highest BCUT2D eigenvalue weighted by Crippen LogP contribution is 2.09. The molecule has 1 aliphatic heterocycles. The van der Waals surface area contributed by atoms with E-state index in [2.05, 4.69) is 17.2 Å². The molecule has 1 amide bonds. The molecule has 0 saturated heterocycles. The van der Waals surface area contributed by atoms with Gasteiger partial charge in [0.05, 0.1) is 0 Å². The SMILES string of the molecule is O=C1CCCCCCCCCC#CCCCCN1. The van der Waals surface area contributed by atoms with E-state index in [-0.39, 0.29) is 5.91 Å². The lowest BCUT2D eigenvalue weighted by molar-refractivity contribution is -0.121. The third-order valence-corrected chi connectivity index (χ3v) is 3.38. The molecule has 18 heavy (non-hydrogen) atoms. The van der Waals surface area contributed by atoms with Crippen LogP contribution >= 0.6 is 0 Å². The van der Waals surface area contributed by atoms with Crippen molar-refractivity contribution in [2.75, 3.05) is 6.54 Å². The topological polar surface area (TPSA) is 29.1 Å². The molecule has 102 valence electrons. The van der Waals surface area contributed by atoms with Crippen LogP contribution in [0, 0.1) is 11.8 Å². The van der Waals surface area contributed by atoms with Gasteiger partial charge in [-0.2, -0.15) is 0 Å². The second kappa shape index (κ2) is 11.1. The third-order valence-electron chi connectivity index (χ3n) is 3.38. The van der Waals surface area contributed by atoms with E-state index in [0.29, 0.717) is 6.42 Å². The summed E-state index contributed by atoms with van der Waals surface area (Å²) < 4.78 is 0. The van der Waals surface area contributed by atoms with Gasteiger partial charge in [-0.1, -0.05) is 32.1 Å². The lowest BCUT2D eigenvalue weighted by Crippen LogP contribution is -2.23. The summed E-state index contributed by atoms with van der Waals surface area (Å²) in [6.45, 7) is 0.820. The number of carbonyl (C=O) groups is 1. The summed E-state index contributed by atoms with van der Waals surface area (Å²) in [7, 11) is 0. The van der Waals surface area contributed by atoms with Crippen LogP contribution in [-0.2, 0) is 4.79 Å². The molecule has 2 nitrogen and oxygen atoms in total. The summed E-state index contributed by atoms with van der Waals surface area (Å²) in [5, 5.41) is 2.99. The summed E-state index contributed by atoms with van der Waals surface area (Å²) in [5.41, 5.74) is 0. The van der Waals surface area contributed by atoms with Crippen LogP contribution in [0.5, 0.6) is 0 Å². The normalized spacial score (nSPS) is 21.2. The number of rotatable bonds is 0. The van der Waals surface area contributed by atoms with E-state index in [0.717, 1.165) is 38.6 Å². The fourth-order valence-corrected chi connectivity index (χ4v) is 2.21. The molecule has 0 aromatic carbocycles.